The number of carbonyl (C=O) groups is 2. The van der Waals surface area contributed by atoms with Gasteiger partial charge in [0.05, 0.1) is 5.60 Å². The minimum Gasteiger partial charge on any atom is -0.388 e. The summed E-state index contributed by atoms with van der Waals surface area (Å²) in [4.78, 5) is 29.2. The molecule has 0 bridgehead atoms. The van der Waals surface area contributed by atoms with Crippen LogP contribution in [0.25, 0.3) is 0 Å². The van der Waals surface area contributed by atoms with Crippen molar-refractivity contribution in [3.63, 3.8) is 0 Å². The van der Waals surface area contributed by atoms with E-state index >= 15 is 0 Å². The molecular formula is C25H29Cl2N3O3. The van der Waals surface area contributed by atoms with Crippen LogP contribution in [0.4, 0.5) is 10.5 Å². The van der Waals surface area contributed by atoms with Crippen molar-refractivity contribution in [1.82, 2.24) is 9.80 Å². The van der Waals surface area contributed by atoms with Crippen LogP contribution in [0.1, 0.15) is 37.7 Å². The highest BCUT2D eigenvalue weighted by atomic mass is 35.5. The number of likely N-dealkylation sites (tertiary alicyclic amines) is 1. The van der Waals surface area contributed by atoms with Crippen molar-refractivity contribution in [2.45, 2.75) is 37.7 Å². The maximum absolute atomic E-state index is 13.1. The second-order valence-corrected chi connectivity index (χ2v) is 9.88. The van der Waals surface area contributed by atoms with Crippen LogP contribution in [0.2, 0.25) is 10.0 Å². The summed E-state index contributed by atoms with van der Waals surface area (Å²) in [5.74, 6) is 0.372. The number of rotatable bonds is 6. The molecule has 4 rings (SSSR count). The Hall–Kier alpha value is -2.28. The Kier molecular flexibility index (Phi) is 7.17. The standard InChI is InChI=1S/C25H29Cl2N3O3/c1-2-29(23(31)22-15-21(22)17-6-4-3-5-7-17)16-25(33)8-10-30(11-9-25)24(32)28-20-13-18(26)12-19(27)14-20/h3-7,12-14,21-22,33H,2,8-11,15-16H2,1H3,(H,28,32)/t21-,22+/m0/s1. The lowest BCUT2D eigenvalue weighted by atomic mass is 9.90. The summed E-state index contributed by atoms with van der Waals surface area (Å²) in [6.07, 6.45) is 1.68. The van der Waals surface area contributed by atoms with Crippen molar-refractivity contribution >= 4 is 40.8 Å². The Morgan fingerprint density at radius 3 is 2.36 bits per heavy atom. The minimum absolute atomic E-state index is 0.00802. The van der Waals surface area contributed by atoms with E-state index in [-0.39, 0.29) is 23.8 Å². The molecule has 2 aromatic rings. The van der Waals surface area contributed by atoms with E-state index < -0.39 is 5.60 Å². The van der Waals surface area contributed by atoms with E-state index in [0.29, 0.717) is 54.8 Å². The van der Waals surface area contributed by atoms with Crippen LogP contribution in [0.15, 0.2) is 48.5 Å². The largest absolute Gasteiger partial charge is 0.388 e. The van der Waals surface area contributed by atoms with Gasteiger partial charge >= 0.3 is 6.03 Å². The molecule has 33 heavy (non-hydrogen) atoms. The van der Waals surface area contributed by atoms with Gasteiger partial charge in [0.25, 0.3) is 0 Å². The first-order valence-electron chi connectivity index (χ1n) is 11.4. The van der Waals surface area contributed by atoms with E-state index in [4.69, 9.17) is 23.2 Å². The lowest BCUT2D eigenvalue weighted by Gasteiger charge is -2.40. The number of halogens is 2. The van der Waals surface area contributed by atoms with Crippen molar-refractivity contribution in [3.8, 4) is 0 Å². The van der Waals surface area contributed by atoms with E-state index in [9.17, 15) is 14.7 Å². The molecule has 0 radical (unpaired) electrons. The number of hydrogen-bond acceptors (Lipinski definition) is 3. The number of nitrogens with zero attached hydrogens (tertiary/aromatic N) is 2. The Morgan fingerprint density at radius 1 is 1.12 bits per heavy atom. The molecule has 8 heteroatoms. The summed E-state index contributed by atoms with van der Waals surface area (Å²) < 4.78 is 0. The molecule has 0 spiro atoms. The molecule has 2 fully saturated rings. The molecule has 2 atom stereocenters. The van der Waals surface area contributed by atoms with Crippen LogP contribution in [0.3, 0.4) is 0 Å². The van der Waals surface area contributed by atoms with Crippen LogP contribution in [0, 0.1) is 5.92 Å². The third-order valence-electron chi connectivity index (χ3n) is 6.61. The fourth-order valence-electron chi connectivity index (χ4n) is 4.58. The zero-order valence-electron chi connectivity index (χ0n) is 18.6. The predicted molar refractivity (Wildman–Crippen MR) is 131 cm³/mol. The number of anilines is 1. The van der Waals surface area contributed by atoms with Crippen LogP contribution >= 0.6 is 23.2 Å². The summed E-state index contributed by atoms with van der Waals surface area (Å²) in [5.41, 5.74) is 0.725. The van der Waals surface area contributed by atoms with E-state index in [2.05, 4.69) is 17.4 Å². The smallest absolute Gasteiger partial charge is 0.321 e. The van der Waals surface area contributed by atoms with Crippen molar-refractivity contribution in [1.29, 1.82) is 0 Å². The predicted octanol–water partition coefficient (Wildman–Crippen LogP) is 5.00. The van der Waals surface area contributed by atoms with Gasteiger partial charge in [-0.05, 0) is 55.9 Å². The molecule has 3 amide bonds. The van der Waals surface area contributed by atoms with E-state index in [1.54, 1.807) is 28.0 Å². The Balaban J connectivity index is 1.30. The molecule has 0 unspecified atom stereocenters. The first-order valence-corrected chi connectivity index (χ1v) is 12.1. The summed E-state index contributed by atoms with van der Waals surface area (Å²) in [5, 5.41) is 14.9. The maximum Gasteiger partial charge on any atom is 0.321 e. The molecule has 1 heterocycles. The molecule has 176 valence electrons. The van der Waals surface area contributed by atoms with Gasteiger partial charge in [0, 0.05) is 47.8 Å². The number of benzene rings is 2. The molecule has 2 aromatic carbocycles. The van der Waals surface area contributed by atoms with Gasteiger partial charge in [0.1, 0.15) is 0 Å². The van der Waals surface area contributed by atoms with Gasteiger partial charge in [-0.1, -0.05) is 53.5 Å². The summed E-state index contributed by atoms with van der Waals surface area (Å²) in [6, 6.07) is 14.7. The van der Waals surface area contributed by atoms with E-state index in [1.807, 2.05) is 25.1 Å². The maximum atomic E-state index is 13.1. The third kappa shape index (κ3) is 5.81. The number of amides is 3. The van der Waals surface area contributed by atoms with Crippen LogP contribution in [0.5, 0.6) is 0 Å². The number of aliphatic hydroxyl groups is 1. The second kappa shape index (κ2) is 9.92. The highest BCUT2D eigenvalue weighted by molar-refractivity contribution is 6.35. The SMILES string of the molecule is CCN(CC1(O)CCN(C(=O)Nc2cc(Cl)cc(Cl)c2)CC1)C(=O)[C@@H]1C[C@H]1c1ccccc1. The molecule has 1 saturated carbocycles. The van der Waals surface area contributed by atoms with Crippen LogP contribution < -0.4 is 5.32 Å². The fraction of sp³-hybridized carbons (Fsp3) is 0.440. The summed E-state index contributed by atoms with van der Waals surface area (Å²) in [6.45, 7) is 3.59. The average molecular weight is 490 g/mol. The van der Waals surface area contributed by atoms with Crippen molar-refractivity contribution in [2.75, 3.05) is 31.5 Å². The van der Waals surface area contributed by atoms with Gasteiger partial charge in [-0.3, -0.25) is 4.79 Å². The van der Waals surface area contributed by atoms with Gasteiger partial charge < -0.3 is 20.2 Å². The molecular weight excluding hydrogens is 461 g/mol. The number of urea groups is 1. The number of likely N-dealkylation sites (N-methyl/N-ethyl adjacent to an activating group) is 1. The second-order valence-electron chi connectivity index (χ2n) is 9.01. The van der Waals surface area contributed by atoms with Gasteiger partial charge in [-0.25, -0.2) is 4.79 Å². The van der Waals surface area contributed by atoms with Crippen LogP contribution in [-0.4, -0.2) is 58.6 Å². The number of nitrogens with one attached hydrogen (secondary N) is 1. The monoisotopic (exact) mass is 489 g/mol. The molecule has 2 N–H and O–H groups in total. The summed E-state index contributed by atoms with van der Waals surface area (Å²) in [7, 11) is 0. The molecule has 2 aliphatic rings. The third-order valence-corrected chi connectivity index (χ3v) is 7.05. The van der Waals surface area contributed by atoms with Crippen molar-refractivity contribution in [3.05, 3.63) is 64.1 Å². The Bertz CT molecular complexity index is 989. The first kappa shape index (κ1) is 23.9. The highest BCUT2D eigenvalue weighted by Gasteiger charge is 2.47. The van der Waals surface area contributed by atoms with E-state index in [1.165, 1.54) is 5.56 Å². The molecule has 1 aliphatic heterocycles. The van der Waals surface area contributed by atoms with Gasteiger partial charge in [-0.15, -0.1) is 0 Å². The number of hydrogen-bond donors (Lipinski definition) is 2. The molecule has 0 aromatic heterocycles. The minimum atomic E-state index is -1.00. The average Bonchev–Trinajstić information content (AvgIpc) is 3.58. The number of piperidine rings is 1. The number of carbonyl (C=O) groups excluding carboxylic acids is 2. The van der Waals surface area contributed by atoms with Gasteiger partial charge in [0.2, 0.25) is 5.91 Å². The first-order chi connectivity index (χ1) is 15.8. The molecule has 1 saturated heterocycles. The Morgan fingerprint density at radius 2 is 1.76 bits per heavy atom. The lowest BCUT2D eigenvalue weighted by Crippen LogP contribution is -2.54. The fourth-order valence-corrected chi connectivity index (χ4v) is 5.11. The Labute approximate surface area is 204 Å². The zero-order valence-corrected chi connectivity index (χ0v) is 20.1. The van der Waals surface area contributed by atoms with E-state index in [0.717, 1.165) is 6.42 Å². The van der Waals surface area contributed by atoms with Crippen LogP contribution in [-0.2, 0) is 4.79 Å². The quantitative estimate of drug-likeness (QED) is 0.599. The molecule has 6 nitrogen and oxygen atoms in total. The van der Waals surface area contributed by atoms with Crippen molar-refractivity contribution in [2.24, 2.45) is 5.92 Å². The van der Waals surface area contributed by atoms with Gasteiger partial charge in [-0.2, -0.15) is 0 Å². The summed E-state index contributed by atoms with van der Waals surface area (Å²) >= 11 is 12.0. The molecule has 1 aliphatic carbocycles. The highest BCUT2D eigenvalue weighted by Crippen LogP contribution is 2.48. The topological polar surface area (TPSA) is 72.9 Å². The van der Waals surface area contributed by atoms with Gasteiger partial charge in [0.15, 0.2) is 0 Å². The lowest BCUT2D eigenvalue weighted by molar-refractivity contribution is -0.137. The zero-order chi connectivity index (χ0) is 23.6. The normalized spacial score (nSPS) is 21.4. The van der Waals surface area contributed by atoms with Crippen molar-refractivity contribution < 1.29 is 14.7 Å².